The van der Waals surface area contributed by atoms with E-state index in [1.165, 1.54) is 86.5 Å². The standard InChI is InChI=1S/C29H41N3O/c1-3-4-5-6-7-8-9-10-17-31-29(22-11-12-22)26-19-25(20-30-21-26)23-13-15-27-24(18-23)14-16-28(33)32(27)2/h13,15,18-22,29,31H,3-12,14,16-17H2,1-2H3. The van der Waals surface area contributed by atoms with E-state index in [4.69, 9.17) is 0 Å². The number of anilines is 1. The van der Waals surface area contributed by atoms with Crippen molar-refractivity contribution in [2.75, 3.05) is 18.5 Å². The Bertz CT molecular complexity index is 921. The van der Waals surface area contributed by atoms with Crippen LogP contribution in [0.3, 0.4) is 0 Å². The zero-order valence-electron chi connectivity index (χ0n) is 20.6. The molecule has 1 aromatic heterocycles. The Hall–Kier alpha value is -2.20. The van der Waals surface area contributed by atoms with Gasteiger partial charge in [-0.3, -0.25) is 9.78 Å². The predicted octanol–water partition coefficient (Wildman–Crippen LogP) is 6.84. The van der Waals surface area contributed by atoms with E-state index in [0.29, 0.717) is 12.5 Å². The molecule has 2 aliphatic rings. The van der Waals surface area contributed by atoms with Gasteiger partial charge in [0.2, 0.25) is 5.91 Å². The lowest BCUT2D eigenvalue weighted by atomic mass is 9.95. The third kappa shape index (κ3) is 6.44. The maximum absolute atomic E-state index is 12.0. The van der Waals surface area contributed by atoms with E-state index in [1.807, 2.05) is 13.2 Å². The summed E-state index contributed by atoms with van der Waals surface area (Å²) in [5.41, 5.74) is 5.99. The molecule has 2 heterocycles. The van der Waals surface area contributed by atoms with Gasteiger partial charge in [-0.25, -0.2) is 0 Å². The van der Waals surface area contributed by atoms with Crippen molar-refractivity contribution in [2.45, 2.75) is 90.0 Å². The van der Waals surface area contributed by atoms with Gasteiger partial charge in [0.05, 0.1) is 0 Å². The zero-order valence-corrected chi connectivity index (χ0v) is 20.6. The minimum Gasteiger partial charge on any atom is -0.315 e. The Morgan fingerprint density at radius 1 is 0.970 bits per heavy atom. The smallest absolute Gasteiger partial charge is 0.227 e. The van der Waals surface area contributed by atoms with Gasteiger partial charge >= 0.3 is 0 Å². The first-order chi connectivity index (χ1) is 16.2. The van der Waals surface area contributed by atoms with E-state index in [1.54, 1.807) is 4.90 Å². The highest BCUT2D eigenvalue weighted by molar-refractivity contribution is 5.96. The van der Waals surface area contributed by atoms with Crippen LogP contribution in [0, 0.1) is 5.92 Å². The first kappa shape index (κ1) is 23.9. The quantitative estimate of drug-likeness (QED) is 0.342. The van der Waals surface area contributed by atoms with Crippen LogP contribution >= 0.6 is 0 Å². The van der Waals surface area contributed by atoms with Gasteiger partial charge in [0.15, 0.2) is 0 Å². The van der Waals surface area contributed by atoms with Crippen molar-refractivity contribution in [1.29, 1.82) is 0 Å². The number of hydrogen-bond acceptors (Lipinski definition) is 3. The summed E-state index contributed by atoms with van der Waals surface area (Å²) < 4.78 is 0. The SMILES string of the molecule is CCCCCCCCCCNC(c1cncc(-c2ccc3c(c2)CCC(=O)N3C)c1)C1CC1. The fourth-order valence-electron chi connectivity index (χ4n) is 5.12. The summed E-state index contributed by atoms with van der Waals surface area (Å²) in [6.45, 7) is 3.38. The average molecular weight is 448 g/mol. The lowest BCUT2D eigenvalue weighted by molar-refractivity contribution is -0.118. The largest absolute Gasteiger partial charge is 0.315 e. The number of fused-ring (bicyclic) bond motifs is 1. The van der Waals surface area contributed by atoms with Crippen LogP contribution in [0.1, 0.15) is 94.7 Å². The van der Waals surface area contributed by atoms with E-state index in [2.05, 4.69) is 47.7 Å². The molecule has 1 aliphatic heterocycles. The molecule has 0 radical (unpaired) electrons. The van der Waals surface area contributed by atoms with Crippen molar-refractivity contribution in [3.8, 4) is 11.1 Å². The molecule has 33 heavy (non-hydrogen) atoms. The molecule has 0 bridgehead atoms. The van der Waals surface area contributed by atoms with Crippen LogP contribution in [-0.2, 0) is 11.2 Å². The van der Waals surface area contributed by atoms with Gasteiger partial charge < -0.3 is 10.2 Å². The van der Waals surface area contributed by atoms with Gasteiger partial charge in [-0.15, -0.1) is 0 Å². The van der Waals surface area contributed by atoms with E-state index in [9.17, 15) is 4.79 Å². The number of carbonyl (C=O) groups is 1. The molecule has 1 atom stereocenters. The number of carbonyl (C=O) groups excluding carboxylic acids is 1. The molecule has 178 valence electrons. The minimum atomic E-state index is 0.203. The number of hydrogen-bond donors (Lipinski definition) is 1. The molecule has 0 spiro atoms. The third-order valence-corrected chi connectivity index (χ3v) is 7.36. The van der Waals surface area contributed by atoms with E-state index in [0.717, 1.165) is 24.6 Å². The Morgan fingerprint density at radius 3 is 2.48 bits per heavy atom. The summed E-state index contributed by atoms with van der Waals surface area (Å²) in [4.78, 5) is 18.4. The van der Waals surface area contributed by atoms with Gasteiger partial charge in [-0.05, 0) is 73.0 Å². The van der Waals surface area contributed by atoms with Crippen molar-refractivity contribution in [2.24, 2.45) is 5.92 Å². The summed E-state index contributed by atoms with van der Waals surface area (Å²) in [6, 6.07) is 9.22. The summed E-state index contributed by atoms with van der Waals surface area (Å²) >= 11 is 0. The number of amides is 1. The molecule has 1 amide bonds. The average Bonchev–Trinajstić information content (AvgIpc) is 3.68. The second kappa shape index (κ2) is 11.8. The van der Waals surface area contributed by atoms with Crippen LogP contribution in [-0.4, -0.2) is 24.5 Å². The van der Waals surface area contributed by atoms with Crippen LogP contribution in [0.15, 0.2) is 36.7 Å². The molecule has 4 nitrogen and oxygen atoms in total. The maximum atomic E-state index is 12.0. The molecule has 4 rings (SSSR count). The predicted molar refractivity (Wildman–Crippen MR) is 137 cm³/mol. The van der Waals surface area contributed by atoms with Crippen LogP contribution in [0.25, 0.3) is 11.1 Å². The van der Waals surface area contributed by atoms with Crippen molar-refractivity contribution in [3.05, 3.63) is 47.8 Å². The number of aromatic nitrogens is 1. The number of aryl methyl sites for hydroxylation is 1. The molecule has 2 aromatic rings. The summed E-state index contributed by atoms with van der Waals surface area (Å²) in [6.07, 6.45) is 19.0. The number of unbranched alkanes of at least 4 members (excludes halogenated alkanes) is 7. The molecule has 1 aromatic carbocycles. The van der Waals surface area contributed by atoms with Gasteiger partial charge in [0.25, 0.3) is 0 Å². The lowest BCUT2D eigenvalue weighted by Crippen LogP contribution is -2.30. The van der Waals surface area contributed by atoms with Gasteiger partial charge in [0, 0.05) is 43.2 Å². The minimum absolute atomic E-state index is 0.203. The monoisotopic (exact) mass is 447 g/mol. The van der Waals surface area contributed by atoms with E-state index >= 15 is 0 Å². The van der Waals surface area contributed by atoms with E-state index in [-0.39, 0.29) is 5.91 Å². The van der Waals surface area contributed by atoms with Gasteiger partial charge in [-0.1, -0.05) is 57.9 Å². The Morgan fingerprint density at radius 2 is 1.73 bits per heavy atom. The molecule has 1 N–H and O–H groups in total. The van der Waals surface area contributed by atoms with E-state index < -0.39 is 0 Å². The van der Waals surface area contributed by atoms with Crippen molar-refractivity contribution in [3.63, 3.8) is 0 Å². The summed E-state index contributed by atoms with van der Waals surface area (Å²) in [5.74, 6) is 0.952. The molecule has 1 saturated carbocycles. The van der Waals surface area contributed by atoms with Crippen LogP contribution in [0.2, 0.25) is 0 Å². The Balaban J connectivity index is 1.34. The van der Waals surface area contributed by atoms with Gasteiger partial charge in [-0.2, -0.15) is 0 Å². The fraction of sp³-hybridized carbons (Fsp3) is 0.586. The van der Waals surface area contributed by atoms with Gasteiger partial charge in [0.1, 0.15) is 0 Å². The molecular weight excluding hydrogens is 406 g/mol. The first-order valence-corrected chi connectivity index (χ1v) is 13.3. The highest BCUT2D eigenvalue weighted by Crippen LogP contribution is 2.41. The number of pyridine rings is 1. The molecule has 0 saturated heterocycles. The normalized spacial score (nSPS) is 16.7. The fourth-order valence-corrected chi connectivity index (χ4v) is 5.12. The Labute approximate surface area is 200 Å². The van der Waals surface area contributed by atoms with Crippen LogP contribution < -0.4 is 10.2 Å². The van der Waals surface area contributed by atoms with Crippen LogP contribution in [0.4, 0.5) is 5.69 Å². The number of benzene rings is 1. The zero-order chi connectivity index (χ0) is 23.0. The number of nitrogens with zero attached hydrogens (tertiary/aromatic N) is 2. The Kier molecular flexibility index (Phi) is 8.55. The van der Waals surface area contributed by atoms with Crippen LogP contribution in [0.5, 0.6) is 0 Å². The molecular formula is C29H41N3O. The number of nitrogens with one attached hydrogen (secondary N) is 1. The third-order valence-electron chi connectivity index (χ3n) is 7.36. The second-order valence-corrected chi connectivity index (χ2v) is 10.0. The van der Waals surface area contributed by atoms with Crippen molar-refractivity contribution >= 4 is 11.6 Å². The van der Waals surface area contributed by atoms with Crippen molar-refractivity contribution < 1.29 is 4.79 Å². The molecule has 1 fully saturated rings. The highest BCUT2D eigenvalue weighted by atomic mass is 16.2. The first-order valence-electron chi connectivity index (χ1n) is 13.3. The lowest BCUT2D eigenvalue weighted by Gasteiger charge is -2.26. The second-order valence-electron chi connectivity index (χ2n) is 10.0. The number of rotatable bonds is 13. The topological polar surface area (TPSA) is 45.2 Å². The molecule has 4 heteroatoms. The maximum Gasteiger partial charge on any atom is 0.227 e. The highest BCUT2D eigenvalue weighted by Gasteiger charge is 2.32. The molecule has 1 unspecified atom stereocenters. The van der Waals surface area contributed by atoms with Crippen molar-refractivity contribution in [1.82, 2.24) is 10.3 Å². The molecule has 1 aliphatic carbocycles. The summed E-state index contributed by atoms with van der Waals surface area (Å²) in [5, 5.41) is 3.86. The summed E-state index contributed by atoms with van der Waals surface area (Å²) in [7, 11) is 1.88.